The molecule has 1 aliphatic rings. The van der Waals surface area contributed by atoms with Gasteiger partial charge in [0, 0.05) is 44.8 Å². The van der Waals surface area contributed by atoms with E-state index < -0.39 is 10.0 Å². The Morgan fingerprint density at radius 1 is 1.12 bits per heavy atom. The molecule has 25 heavy (non-hydrogen) atoms. The quantitative estimate of drug-likeness (QED) is 0.736. The highest BCUT2D eigenvalue weighted by molar-refractivity contribution is 7.89. The number of carbonyl (C=O) groups excluding carboxylic acids is 2. The Labute approximate surface area is 147 Å². The van der Waals surface area contributed by atoms with E-state index in [1.165, 1.54) is 38.3 Å². The van der Waals surface area contributed by atoms with Crippen LogP contribution in [0.3, 0.4) is 0 Å². The molecule has 1 N–H and O–H groups in total. The molecule has 0 unspecified atom stereocenters. The average Bonchev–Trinajstić information content (AvgIpc) is 2.61. The zero-order chi connectivity index (χ0) is 18.4. The summed E-state index contributed by atoms with van der Waals surface area (Å²) in [4.78, 5) is 26.5. The molecule has 1 saturated heterocycles. The maximum atomic E-state index is 12.3. The highest BCUT2D eigenvalue weighted by atomic mass is 32.2. The number of nitrogens with zero attached hydrogens (tertiary/aromatic N) is 2. The minimum absolute atomic E-state index is 0.108. The molecule has 1 aliphatic heterocycles. The molecule has 0 aromatic heterocycles. The molecule has 1 heterocycles. The second-order valence-electron chi connectivity index (χ2n) is 5.78. The molecule has 0 aliphatic carbocycles. The van der Waals surface area contributed by atoms with Crippen molar-refractivity contribution in [2.45, 2.75) is 11.8 Å². The number of ether oxygens (including phenoxy) is 1. The Morgan fingerprint density at radius 2 is 1.72 bits per heavy atom. The monoisotopic (exact) mass is 369 g/mol. The minimum Gasteiger partial charge on any atom is -0.453 e. The van der Waals surface area contributed by atoms with Crippen LogP contribution in [0.4, 0.5) is 4.79 Å². The summed E-state index contributed by atoms with van der Waals surface area (Å²) >= 11 is 0. The Morgan fingerprint density at radius 3 is 2.24 bits per heavy atom. The van der Waals surface area contributed by atoms with E-state index in [0.717, 1.165) is 0 Å². The summed E-state index contributed by atoms with van der Waals surface area (Å²) in [5.41, 5.74) is 0.474. The van der Waals surface area contributed by atoms with Crippen molar-refractivity contribution in [3.63, 3.8) is 0 Å². The van der Waals surface area contributed by atoms with Gasteiger partial charge in [-0.15, -0.1) is 0 Å². The van der Waals surface area contributed by atoms with Crippen LogP contribution in [0, 0.1) is 0 Å². The third-order valence-electron chi connectivity index (χ3n) is 4.10. The number of Topliss-reactive ketones (excluding diaryl/α,β-unsaturated/α-hetero) is 1. The number of sulfonamides is 1. The van der Waals surface area contributed by atoms with Crippen LogP contribution < -0.4 is 4.72 Å². The molecular weight excluding hydrogens is 346 g/mol. The fourth-order valence-corrected chi connectivity index (χ4v) is 3.59. The Kier molecular flexibility index (Phi) is 6.51. The number of ketones is 1. The van der Waals surface area contributed by atoms with Crippen molar-refractivity contribution in [3.05, 3.63) is 29.8 Å². The van der Waals surface area contributed by atoms with E-state index in [0.29, 0.717) is 38.3 Å². The van der Waals surface area contributed by atoms with E-state index in [2.05, 4.69) is 14.4 Å². The summed E-state index contributed by atoms with van der Waals surface area (Å²) in [5.74, 6) is -0.108. The maximum absolute atomic E-state index is 12.3. The molecule has 9 heteroatoms. The fourth-order valence-electron chi connectivity index (χ4n) is 2.57. The van der Waals surface area contributed by atoms with Crippen LogP contribution in [-0.4, -0.2) is 76.5 Å². The molecule has 0 bridgehead atoms. The second kappa shape index (κ2) is 8.41. The van der Waals surface area contributed by atoms with Crippen LogP contribution in [0.1, 0.15) is 17.3 Å². The van der Waals surface area contributed by atoms with Gasteiger partial charge in [0.1, 0.15) is 0 Å². The van der Waals surface area contributed by atoms with Gasteiger partial charge >= 0.3 is 6.09 Å². The molecule has 138 valence electrons. The molecular formula is C16H23N3O5S. The zero-order valence-electron chi connectivity index (χ0n) is 14.4. The summed E-state index contributed by atoms with van der Waals surface area (Å²) < 4.78 is 31.7. The van der Waals surface area contributed by atoms with Crippen molar-refractivity contribution in [2.75, 3.05) is 46.4 Å². The standard InChI is InChI=1S/C16H23N3O5S/c1-13(20)14-3-5-15(6-4-14)25(22,23)17-7-8-18-9-11-19(12-10-18)16(21)24-2/h3-6,17H,7-12H2,1-2H3. The first-order valence-electron chi connectivity index (χ1n) is 7.99. The number of rotatable bonds is 6. The van der Waals surface area contributed by atoms with E-state index in [1.807, 2.05) is 0 Å². The van der Waals surface area contributed by atoms with E-state index in [1.54, 1.807) is 4.90 Å². The molecule has 0 saturated carbocycles. The van der Waals surface area contributed by atoms with Gasteiger partial charge in [-0.25, -0.2) is 17.9 Å². The van der Waals surface area contributed by atoms with Crippen molar-refractivity contribution >= 4 is 21.9 Å². The Balaban J connectivity index is 1.81. The van der Waals surface area contributed by atoms with Crippen molar-refractivity contribution in [2.24, 2.45) is 0 Å². The van der Waals surface area contributed by atoms with E-state index >= 15 is 0 Å². The third-order valence-corrected chi connectivity index (χ3v) is 5.57. The van der Waals surface area contributed by atoms with Gasteiger partial charge in [-0.1, -0.05) is 12.1 Å². The number of hydrogen-bond donors (Lipinski definition) is 1. The van der Waals surface area contributed by atoms with Gasteiger partial charge in [-0.2, -0.15) is 0 Å². The number of nitrogens with one attached hydrogen (secondary N) is 1. The zero-order valence-corrected chi connectivity index (χ0v) is 15.2. The lowest BCUT2D eigenvalue weighted by Gasteiger charge is -2.33. The molecule has 2 rings (SSSR count). The van der Waals surface area contributed by atoms with Crippen LogP contribution in [0.5, 0.6) is 0 Å². The van der Waals surface area contributed by atoms with Crippen LogP contribution in [0.2, 0.25) is 0 Å². The predicted octanol–water partition coefficient (Wildman–Crippen LogP) is 0.552. The average molecular weight is 369 g/mol. The Bertz CT molecular complexity index is 710. The summed E-state index contributed by atoms with van der Waals surface area (Å²) in [6.07, 6.45) is -0.339. The summed E-state index contributed by atoms with van der Waals surface area (Å²) in [5, 5.41) is 0. The van der Waals surface area contributed by atoms with E-state index in [4.69, 9.17) is 0 Å². The molecule has 0 radical (unpaired) electrons. The van der Waals surface area contributed by atoms with Gasteiger partial charge in [-0.3, -0.25) is 9.69 Å². The number of methoxy groups -OCH3 is 1. The van der Waals surface area contributed by atoms with Gasteiger partial charge in [0.2, 0.25) is 10.0 Å². The first-order chi connectivity index (χ1) is 11.8. The lowest BCUT2D eigenvalue weighted by atomic mass is 10.2. The highest BCUT2D eigenvalue weighted by Crippen LogP contribution is 2.11. The van der Waals surface area contributed by atoms with Crippen molar-refractivity contribution < 1.29 is 22.7 Å². The normalized spacial score (nSPS) is 15.8. The molecule has 1 amide bonds. The smallest absolute Gasteiger partial charge is 0.409 e. The van der Waals surface area contributed by atoms with Gasteiger partial charge in [0.15, 0.2) is 5.78 Å². The number of hydrogen-bond acceptors (Lipinski definition) is 6. The topological polar surface area (TPSA) is 96.0 Å². The van der Waals surface area contributed by atoms with Crippen molar-refractivity contribution in [1.29, 1.82) is 0 Å². The minimum atomic E-state index is -3.60. The summed E-state index contributed by atoms with van der Waals surface area (Å²) in [6, 6.07) is 5.86. The number of carbonyl (C=O) groups is 2. The number of benzene rings is 1. The van der Waals surface area contributed by atoms with Crippen molar-refractivity contribution in [3.8, 4) is 0 Å². The summed E-state index contributed by atoms with van der Waals surface area (Å²) in [6.45, 7) is 4.72. The lowest BCUT2D eigenvalue weighted by Crippen LogP contribution is -2.50. The second-order valence-corrected chi connectivity index (χ2v) is 7.54. The maximum Gasteiger partial charge on any atom is 0.409 e. The largest absolute Gasteiger partial charge is 0.453 e. The first-order valence-corrected chi connectivity index (χ1v) is 9.48. The Hall–Kier alpha value is -1.97. The van der Waals surface area contributed by atoms with Crippen LogP contribution >= 0.6 is 0 Å². The van der Waals surface area contributed by atoms with Gasteiger partial charge < -0.3 is 9.64 Å². The van der Waals surface area contributed by atoms with Gasteiger partial charge in [0.05, 0.1) is 12.0 Å². The molecule has 1 aromatic carbocycles. The predicted molar refractivity (Wildman–Crippen MR) is 92.1 cm³/mol. The molecule has 0 atom stereocenters. The van der Waals surface area contributed by atoms with Crippen molar-refractivity contribution in [1.82, 2.24) is 14.5 Å². The molecule has 1 aromatic rings. The molecule has 8 nitrogen and oxygen atoms in total. The number of amides is 1. The van der Waals surface area contributed by atoms with Crippen LogP contribution in [0.15, 0.2) is 29.2 Å². The molecule has 1 fully saturated rings. The summed E-state index contributed by atoms with van der Waals surface area (Å²) in [7, 11) is -2.25. The van der Waals surface area contributed by atoms with Gasteiger partial charge in [0.25, 0.3) is 0 Å². The van der Waals surface area contributed by atoms with E-state index in [9.17, 15) is 18.0 Å². The first kappa shape index (κ1) is 19.4. The molecule has 0 spiro atoms. The van der Waals surface area contributed by atoms with Crippen LogP contribution in [0.25, 0.3) is 0 Å². The van der Waals surface area contributed by atoms with Crippen LogP contribution in [-0.2, 0) is 14.8 Å². The fraction of sp³-hybridized carbons (Fsp3) is 0.500. The SMILES string of the molecule is COC(=O)N1CCN(CCNS(=O)(=O)c2ccc(C(C)=O)cc2)CC1. The third kappa shape index (κ3) is 5.25. The van der Waals surface area contributed by atoms with Gasteiger partial charge in [-0.05, 0) is 19.1 Å². The van der Waals surface area contributed by atoms with E-state index in [-0.39, 0.29) is 23.3 Å². The lowest BCUT2D eigenvalue weighted by molar-refractivity contribution is 0.0917. The highest BCUT2D eigenvalue weighted by Gasteiger charge is 2.21. The number of piperazine rings is 1.